The molecule has 132 valence electrons. The van der Waals surface area contributed by atoms with Gasteiger partial charge in [-0.25, -0.2) is 8.42 Å². The number of methoxy groups -OCH3 is 1. The molecule has 0 spiro atoms. The van der Waals surface area contributed by atoms with Crippen LogP contribution in [0.3, 0.4) is 0 Å². The summed E-state index contributed by atoms with van der Waals surface area (Å²) >= 11 is 0. The normalized spacial score (nSPS) is 18.2. The first kappa shape index (κ1) is 17.6. The number of ketones is 1. The molecule has 25 heavy (non-hydrogen) atoms. The van der Waals surface area contributed by atoms with E-state index in [9.17, 15) is 13.2 Å². The highest BCUT2D eigenvalue weighted by Crippen LogP contribution is 2.29. The molecule has 6 heteroatoms. The minimum Gasteiger partial charge on any atom is -0.496 e. The average molecular weight is 359 g/mol. The Morgan fingerprint density at radius 3 is 2.52 bits per heavy atom. The topological polar surface area (TPSA) is 63.7 Å². The summed E-state index contributed by atoms with van der Waals surface area (Å²) < 4.78 is 32.4. The highest BCUT2D eigenvalue weighted by molar-refractivity contribution is 7.89. The first-order valence-electron chi connectivity index (χ1n) is 8.21. The Morgan fingerprint density at radius 1 is 1.16 bits per heavy atom. The highest BCUT2D eigenvalue weighted by atomic mass is 32.2. The molecule has 2 aromatic carbocycles. The molecular weight excluding hydrogens is 338 g/mol. The zero-order chi connectivity index (χ0) is 18.0. The summed E-state index contributed by atoms with van der Waals surface area (Å²) in [5.74, 6) is 0.541. The van der Waals surface area contributed by atoms with Crippen molar-refractivity contribution in [2.45, 2.75) is 30.7 Å². The van der Waals surface area contributed by atoms with Crippen LogP contribution in [0.5, 0.6) is 5.75 Å². The van der Waals surface area contributed by atoms with Crippen LogP contribution in [0.4, 0.5) is 0 Å². The van der Waals surface area contributed by atoms with Crippen LogP contribution >= 0.6 is 0 Å². The van der Waals surface area contributed by atoms with Crippen LogP contribution in [0.15, 0.2) is 53.4 Å². The molecule has 1 aliphatic heterocycles. The van der Waals surface area contributed by atoms with Crippen molar-refractivity contribution in [3.63, 3.8) is 0 Å². The van der Waals surface area contributed by atoms with Crippen molar-refractivity contribution >= 4 is 15.8 Å². The van der Waals surface area contributed by atoms with E-state index < -0.39 is 16.1 Å². The second-order valence-corrected chi connectivity index (χ2v) is 8.03. The molecule has 1 atom stereocenters. The molecule has 0 radical (unpaired) electrons. The Kier molecular flexibility index (Phi) is 4.92. The van der Waals surface area contributed by atoms with Gasteiger partial charge in [0.1, 0.15) is 5.75 Å². The van der Waals surface area contributed by atoms with Crippen LogP contribution in [0.2, 0.25) is 0 Å². The molecule has 1 saturated heterocycles. The Morgan fingerprint density at radius 2 is 1.88 bits per heavy atom. The molecule has 1 fully saturated rings. The number of ether oxygens (including phenoxy) is 1. The first-order valence-corrected chi connectivity index (χ1v) is 9.65. The van der Waals surface area contributed by atoms with E-state index in [4.69, 9.17) is 4.74 Å². The van der Waals surface area contributed by atoms with Crippen molar-refractivity contribution in [3.05, 3.63) is 59.7 Å². The van der Waals surface area contributed by atoms with E-state index in [-0.39, 0.29) is 10.7 Å². The van der Waals surface area contributed by atoms with Crippen LogP contribution in [-0.4, -0.2) is 38.2 Å². The fourth-order valence-electron chi connectivity index (χ4n) is 3.24. The van der Waals surface area contributed by atoms with Gasteiger partial charge >= 0.3 is 0 Å². The summed E-state index contributed by atoms with van der Waals surface area (Å²) in [5.41, 5.74) is 1.36. The monoisotopic (exact) mass is 359 g/mol. The predicted molar refractivity (Wildman–Crippen MR) is 95.4 cm³/mol. The number of Topliss-reactive ketones (excluding diaryl/α,β-unsaturated/α-hetero) is 1. The molecule has 1 unspecified atom stereocenters. The van der Waals surface area contributed by atoms with Gasteiger partial charge < -0.3 is 4.74 Å². The first-order chi connectivity index (χ1) is 11.9. The number of rotatable bonds is 5. The third-order valence-corrected chi connectivity index (χ3v) is 6.46. The molecule has 0 N–H and O–H groups in total. The second-order valence-electron chi connectivity index (χ2n) is 6.14. The van der Waals surface area contributed by atoms with Crippen molar-refractivity contribution < 1.29 is 17.9 Å². The van der Waals surface area contributed by atoms with Crippen molar-refractivity contribution in [2.75, 3.05) is 13.7 Å². The predicted octanol–water partition coefficient (Wildman–Crippen LogP) is 3.04. The van der Waals surface area contributed by atoms with E-state index in [0.29, 0.717) is 30.7 Å². The van der Waals surface area contributed by atoms with E-state index >= 15 is 0 Å². The second kappa shape index (κ2) is 6.98. The molecule has 5 nitrogen and oxygen atoms in total. The lowest BCUT2D eigenvalue weighted by Gasteiger charge is -2.23. The van der Waals surface area contributed by atoms with Gasteiger partial charge in [0.25, 0.3) is 0 Å². The fourth-order valence-corrected chi connectivity index (χ4v) is 4.92. The quantitative estimate of drug-likeness (QED) is 0.770. The van der Waals surface area contributed by atoms with E-state index in [0.717, 1.165) is 5.56 Å². The van der Waals surface area contributed by atoms with Gasteiger partial charge in [-0.15, -0.1) is 0 Å². The molecule has 1 heterocycles. The summed E-state index contributed by atoms with van der Waals surface area (Å²) in [6, 6.07) is 12.8. The smallest absolute Gasteiger partial charge is 0.243 e. The van der Waals surface area contributed by atoms with Crippen molar-refractivity contribution in [1.82, 2.24) is 4.31 Å². The lowest BCUT2D eigenvalue weighted by molar-refractivity contribution is 0.0918. The third-order valence-electron chi connectivity index (χ3n) is 4.54. The third kappa shape index (κ3) is 3.32. The Hall–Kier alpha value is -2.18. The summed E-state index contributed by atoms with van der Waals surface area (Å²) in [4.78, 5) is 13.2. The highest BCUT2D eigenvalue weighted by Gasteiger charge is 2.39. The molecule has 1 aliphatic rings. The van der Waals surface area contributed by atoms with E-state index in [1.54, 1.807) is 55.6 Å². The van der Waals surface area contributed by atoms with Crippen molar-refractivity contribution in [1.29, 1.82) is 0 Å². The number of sulfonamides is 1. The minimum atomic E-state index is -3.68. The lowest BCUT2D eigenvalue weighted by atomic mass is 10.0. The van der Waals surface area contributed by atoms with Gasteiger partial charge in [0.05, 0.1) is 18.0 Å². The van der Waals surface area contributed by atoms with Crippen LogP contribution < -0.4 is 4.74 Å². The number of hydrogen-bond acceptors (Lipinski definition) is 4. The molecule has 2 aromatic rings. The summed E-state index contributed by atoms with van der Waals surface area (Å²) in [6.45, 7) is 2.23. The summed E-state index contributed by atoms with van der Waals surface area (Å²) in [6.07, 6.45) is 1.22. The van der Waals surface area contributed by atoms with Gasteiger partial charge in [0, 0.05) is 12.1 Å². The SMILES string of the molecule is COc1ccc(C(=O)C2CCCN2S(=O)(=O)c2ccccc2)cc1C. The molecular formula is C19H21NO4S. The van der Waals surface area contributed by atoms with E-state index in [1.165, 1.54) is 4.31 Å². The average Bonchev–Trinajstić information content (AvgIpc) is 3.12. The zero-order valence-corrected chi connectivity index (χ0v) is 15.1. The molecule has 0 aliphatic carbocycles. The Balaban J connectivity index is 1.91. The van der Waals surface area contributed by atoms with Crippen molar-refractivity contribution in [3.8, 4) is 5.75 Å². The minimum absolute atomic E-state index is 0.164. The van der Waals surface area contributed by atoms with E-state index in [1.807, 2.05) is 6.92 Å². The van der Waals surface area contributed by atoms with Crippen LogP contribution in [0.25, 0.3) is 0 Å². The summed E-state index contributed by atoms with van der Waals surface area (Å²) in [5, 5.41) is 0. The van der Waals surface area contributed by atoms with Gasteiger partial charge in [-0.1, -0.05) is 18.2 Å². The number of benzene rings is 2. The van der Waals surface area contributed by atoms with Gasteiger partial charge in [-0.3, -0.25) is 4.79 Å². The molecule has 0 aromatic heterocycles. The van der Waals surface area contributed by atoms with Gasteiger partial charge in [0.15, 0.2) is 5.78 Å². The summed E-state index contributed by atoms with van der Waals surface area (Å²) in [7, 11) is -2.10. The van der Waals surface area contributed by atoms with Gasteiger partial charge in [-0.2, -0.15) is 4.31 Å². The zero-order valence-electron chi connectivity index (χ0n) is 14.3. The van der Waals surface area contributed by atoms with Crippen molar-refractivity contribution in [2.24, 2.45) is 0 Å². The molecule has 3 rings (SSSR count). The number of carbonyl (C=O) groups is 1. The Labute approximate surface area is 148 Å². The largest absolute Gasteiger partial charge is 0.496 e. The van der Waals surface area contributed by atoms with Crippen LogP contribution in [0, 0.1) is 6.92 Å². The fraction of sp³-hybridized carbons (Fsp3) is 0.316. The maximum atomic E-state index is 12.9. The number of aryl methyl sites for hydroxylation is 1. The molecule has 0 saturated carbocycles. The van der Waals surface area contributed by atoms with Gasteiger partial charge in [-0.05, 0) is 55.7 Å². The maximum absolute atomic E-state index is 12.9. The number of hydrogen-bond donors (Lipinski definition) is 0. The Bertz CT molecular complexity index is 878. The van der Waals surface area contributed by atoms with E-state index in [2.05, 4.69) is 0 Å². The standard InChI is InChI=1S/C19H21NO4S/c1-14-13-15(10-11-18(14)24-2)19(21)17-9-6-12-20(17)25(22,23)16-7-4-3-5-8-16/h3-5,7-8,10-11,13,17H,6,9,12H2,1-2H3. The lowest BCUT2D eigenvalue weighted by Crippen LogP contribution is -2.40. The van der Waals surface area contributed by atoms with Crippen LogP contribution in [-0.2, 0) is 10.0 Å². The molecule has 0 amide bonds. The van der Waals surface area contributed by atoms with Crippen LogP contribution in [0.1, 0.15) is 28.8 Å². The maximum Gasteiger partial charge on any atom is 0.243 e. The number of carbonyl (C=O) groups excluding carboxylic acids is 1. The number of nitrogens with zero attached hydrogens (tertiary/aromatic N) is 1. The molecule has 0 bridgehead atoms. The van der Waals surface area contributed by atoms with Gasteiger partial charge in [0.2, 0.25) is 10.0 Å².